The molecule has 0 bridgehead atoms. The lowest BCUT2D eigenvalue weighted by Crippen LogP contribution is -2.26. The fourth-order valence-electron chi connectivity index (χ4n) is 2.20. The number of methoxy groups -OCH3 is 1. The number of rotatable bonds is 5. The molecule has 0 saturated heterocycles. The molecule has 0 aliphatic heterocycles. The largest absolute Gasteiger partial charge is 0.494 e. The Bertz CT molecular complexity index is 663. The first-order chi connectivity index (χ1) is 10.2. The van der Waals surface area contributed by atoms with Gasteiger partial charge in [0.2, 0.25) is 0 Å². The van der Waals surface area contributed by atoms with Crippen LogP contribution in [0.2, 0.25) is 0 Å². The Morgan fingerprint density at radius 1 is 1.48 bits per heavy atom. The van der Waals surface area contributed by atoms with E-state index in [9.17, 15) is 4.79 Å². The molecule has 110 valence electrons. The van der Waals surface area contributed by atoms with E-state index in [0.29, 0.717) is 18.2 Å². The number of carbonyl (C=O) groups excluding carboxylic acids is 1. The molecule has 0 radical (unpaired) electrons. The van der Waals surface area contributed by atoms with Crippen LogP contribution in [0.25, 0.3) is 0 Å². The van der Waals surface area contributed by atoms with Gasteiger partial charge in [-0.1, -0.05) is 0 Å². The minimum Gasteiger partial charge on any atom is -0.494 e. The minimum absolute atomic E-state index is 0.268. The molecular weight excluding hydrogens is 270 g/mol. The molecule has 7 nitrogen and oxygen atoms in total. The number of nitrogens with zero attached hydrogens (tertiary/aromatic N) is 4. The third-order valence-corrected chi connectivity index (χ3v) is 3.55. The number of hydrogen-bond donors (Lipinski definition) is 1. The van der Waals surface area contributed by atoms with Gasteiger partial charge in [0.15, 0.2) is 11.5 Å². The second-order valence-electron chi connectivity index (χ2n) is 5.04. The SMILES string of the molecule is COc1cccnc1C(=O)NCc1nnc(C2CC2)n1C. The van der Waals surface area contributed by atoms with Gasteiger partial charge < -0.3 is 14.6 Å². The molecule has 1 saturated carbocycles. The molecule has 1 N–H and O–H groups in total. The maximum atomic E-state index is 12.2. The Hall–Kier alpha value is -2.44. The number of pyridine rings is 1. The van der Waals surface area contributed by atoms with Gasteiger partial charge in [0, 0.05) is 19.2 Å². The van der Waals surface area contributed by atoms with Crippen molar-refractivity contribution in [1.82, 2.24) is 25.1 Å². The molecule has 0 aromatic carbocycles. The molecule has 0 atom stereocenters. The highest BCUT2D eigenvalue weighted by molar-refractivity contribution is 5.94. The van der Waals surface area contributed by atoms with Gasteiger partial charge in [-0.15, -0.1) is 10.2 Å². The van der Waals surface area contributed by atoms with E-state index in [1.807, 2.05) is 11.6 Å². The number of nitrogens with one attached hydrogen (secondary N) is 1. The summed E-state index contributed by atoms with van der Waals surface area (Å²) in [5.41, 5.74) is 0.268. The van der Waals surface area contributed by atoms with Gasteiger partial charge in [-0.05, 0) is 25.0 Å². The summed E-state index contributed by atoms with van der Waals surface area (Å²) in [4.78, 5) is 16.2. The van der Waals surface area contributed by atoms with Crippen molar-refractivity contribution in [2.45, 2.75) is 25.3 Å². The highest BCUT2D eigenvalue weighted by atomic mass is 16.5. The molecule has 3 rings (SSSR count). The van der Waals surface area contributed by atoms with Gasteiger partial charge >= 0.3 is 0 Å². The summed E-state index contributed by atoms with van der Waals surface area (Å²) in [7, 11) is 3.44. The Kier molecular flexibility index (Phi) is 3.55. The van der Waals surface area contributed by atoms with E-state index in [0.717, 1.165) is 11.6 Å². The summed E-state index contributed by atoms with van der Waals surface area (Å²) < 4.78 is 7.08. The van der Waals surface area contributed by atoms with Crippen LogP contribution in [0.4, 0.5) is 0 Å². The average Bonchev–Trinajstić information content (AvgIpc) is 3.29. The van der Waals surface area contributed by atoms with E-state index in [-0.39, 0.29) is 11.6 Å². The van der Waals surface area contributed by atoms with Crippen molar-refractivity contribution in [3.63, 3.8) is 0 Å². The highest BCUT2D eigenvalue weighted by Crippen LogP contribution is 2.38. The Balaban J connectivity index is 1.68. The molecule has 1 fully saturated rings. The Morgan fingerprint density at radius 3 is 3.00 bits per heavy atom. The summed E-state index contributed by atoms with van der Waals surface area (Å²) in [6.07, 6.45) is 3.90. The fourth-order valence-corrected chi connectivity index (χ4v) is 2.20. The molecule has 0 unspecified atom stereocenters. The van der Waals surface area contributed by atoms with Crippen LogP contribution < -0.4 is 10.1 Å². The lowest BCUT2D eigenvalue weighted by molar-refractivity contribution is 0.0941. The van der Waals surface area contributed by atoms with Crippen molar-refractivity contribution in [2.75, 3.05) is 7.11 Å². The van der Waals surface area contributed by atoms with E-state index < -0.39 is 0 Å². The average molecular weight is 287 g/mol. The van der Waals surface area contributed by atoms with Crippen LogP contribution >= 0.6 is 0 Å². The second kappa shape index (κ2) is 5.51. The van der Waals surface area contributed by atoms with Crippen molar-refractivity contribution in [3.05, 3.63) is 35.7 Å². The molecule has 7 heteroatoms. The van der Waals surface area contributed by atoms with Gasteiger partial charge in [-0.3, -0.25) is 4.79 Å². The lowest BCUT2D eigenvalue weighted by atomic mass is 10.3. The fraction of sp³-hybridized carbons (Fsp3) is 0.429. The smallest absolute Gasteiger partial charge is 0.274 e. The molecule has 21 heavy (non-hydrogen) atoms. The number of amides is 1. The maximum absolute atomic E-state index is 12.2. The molecule has 2 aromatic rings. The van der Waals surface area contributed by atoms with Gasteiger partial charge in [0.25, 0.3) is 5.91 Å². The zero-order valence-electron chi connectivity index (χ0n) is 12.0. The van der Waals surface area contributed by atoms with Crippen LogP contribution in [0.5, 0.6) is 5.75 Å². The van der Waals surface area contributed by atoms with Crippen molar-refractivity contribution in [3.8, 4) is 5.75 Å². The normalized spacial score (nSPS) is 14.0. The van der Waals surface area contributed by atoms with Crippen LogP contribution in [0.3, 0.4) is 0 Å². The number of ether oxygens (including phenoxy) is 1. The monoisotopic (exact) mass is 287 g/mol. The molecule has 2 aromatic heterocycles. The van der Waals surface area contributed by atoms with Crippen LogP contribution in [-0.4, -0.2) is 32.8 Å². The van der Waals surface area contributed by atoms with Crippen molar-refractivity contribution < 1.29 is 9.53 Å². The van der Waals surface area contributed by atoms with Gasteiger partial charge in [0.1, 0.15) is 11.6 Å². The number of carbonyl (C=O) groups is 1. The van der Waals surface area contributed by atoms with Crippen LogP contribution in [-0.2, 0) is 13.6 Å². The molecular formula is C14H17N5O2. The predicted molar refractivity (Wildman–Crippen MR) is 74.9 cm³/mol. The second-order valence-corrected chi connectivity index (χ2v) is 5.04. The zero-order valence-corrected chi connectivity index (χ0v) is 12.0. The van der Waals surface area contributed by atoms with E-state index in [1.54, 1.807) is 18.3 Å². The first-order valence-electron chi connectivity index (χ1n) is 6.86. The summed E-state index contributed by atoms with van der Waals surface area (Å²) in [6, 6.07) is 3.43. The third-order valence-electron chi connectivity index (χ3n) is 3.55. The third kappa shape index (κ3) is 2.72. The predicted octanol–water partition coefficient (Wildman–Crippen LogP) is 1.03. The van der Waals surface area contributed by atoms with Crippen molar-refractivity contribution >= 4 is 5.91 Å². The maximum Gasteiger partial charge on any atom is 0.274 e. The van der Waals surface area contributed by atoms with E-state index in [4.69, 9.17) is 4.74 Å². The van der Waals surface area contributed by atoms with Gasteiger partial charge in [-0.2, -0.15) is 0 Å². The molecule has 1 aliphatic rings. The van der Waals surface area contributed by atoms with Crippen LogP contribution in [0.15, 0.2) is 18.3 Å². The Morgan fingerprint density at radius 2 is 2.29 bits per heavy atom. The number of aromatic nitrogens is 4. The standard InChI is InChI=1S/C14H17N5O2/c1-19-11(17-18-13(19)9-5-6-9)8-16-14(20)12-10(21-2)4-3-7-15-12/h3-4,7,9H,5-6,8H2,1-2H3,(H,16,20). The van der Waals surface area contributed by atoms with E-state index in [1.165, 1.54) is 20.0 Å². The molecule has 1 amide bonds. The summed E-state index contributed by atoms with van der Waals surface area (Å²) >= 11 is 0. The lowest BCUT2D eigenvalue weighted by Gasteiger charge is -2.08. The van der Waals surface area contributed by atoms with Crippen molar-refractivity contribution in [2.24, 2.45) is 7.05 Å². The van der Waals surface area contributed by atoms with Crippen LogP contribution in [0, 0.1) is 0 Å². The summed E-state index contributed by atoms with van der Waals surface area (Å²) in [5, 5.41) is 11.1. The first-order valence-corrected chi connectivity index (χ1v) is 6.86. The molecule has 1 aliphatic carbocycles. The molecule has 2 heterocycles. The van der Waals surface area contributed by atoms with Crippen LogP contribution in [0.1, 0.15) is 40.9 Å². The van der Waals surface area contributed by atoms with Gasteiger partial charge in [-0.25, -0.2) is 4.98 Å². The van der Waals surface area contributed by atoms with Crippen molar-refractivity contribution in [1.29, 1.82) is 0 Å². The molecule has 0 spiro atoms. The minimum atomic E-state index is -0.288. The highest BCUT2D eigenvalue weighted by Gasteiger charge is 2.29. The summed E-state index contributed by atoms with van der Waals surface area (Å²) in [6.45, 7) is 0.314. The Labute approximate surface area is 122 Å². The van der Waals surface area contributed by atoms with E-state index >= 15 is 0 Å². The first kappa shape index (κ1) is 13.5. The van der Waals surface area contributed by atoms with E-state index in [2.05, 4.69) is 20.5 Å². The zero-order chi connectivity index (χ0) is 14.8. The van der Waals surface area contributed by atoms with Gasteiger partial charge in [0.05, 0.1) is 13.7 Å². The quantitative estimate of drug-likeness (QED) is 0.888. The number of hydrogen-bond acceptors (Lipinski definition) is 5. The summed E-state index contributed by atoms with van der Waals surface area (Å²) in [5.74, 6) is 2.42. The topological polar surface area (TPSA) is 81.9 Å².